The Balaban J connectivity index is 2.15. The molecule has 0 saturated heterocycles. The first-order chi connectivity index (χ1) is 11.7. The van der Waals surface area contributed by atoms with Gasteiger partial charge < -0.3 is 5.11 Å². The van der Waals surface area contributed by atoms with Crippen molar-refractivity contribution in [3.63, 3.8) is 0 Å². The van der Waals surface area contributed by atoms with Crippen LogP contribution in [0.15, 0.2) is 84.7 Å². The summed E-state index contributed by atoms with van der Waals surface area (Å²) < 4.78 is 2.27. The number of nitrogens with zero attached hydrogens (tertiary/aromatic N) is 2. The Hall–Kier alpha value is -2.92. The Kier molecular flexibility index (Phi) is 4.72. The van der Waals surface area contributed by atoms with E-state index in [4.69, 9.17) is 12.2 Å². The highest BCUT2D eigenvalue weighted by atomic mass is 32.1. The third-order valence-corrected chi connectivity index (χ3v) is 3.82. The standard InChI is InChI=1S/C19H17N3OS/c1-14-9-5-2-3-8-12-16(17(23)13-14)18-20-21-19(24)22(18)15-10-6-4-7-11-15/h2-7,9-13,23H,1,8H2,(H,21,24)/b3-2-,9-5-,16-12+,17-13?. The molecule has 24 heavy (non-hydrogen) atoms. The number of para-hydroxylation sites is 1. The molecule has 0 atom stereocenters. The van der Waals surface area contributed by atoms with E-state index < -0.39 is 0 Å². The number of H-pyrrole nitrogens is 1. The predicted molar refractivity (Wildman–Crippen MR) is 99.5 cm³/mol. The van der Waals surface area contributed by atoms with Crippen LogP contribution >= 0.6 is 12.2 Å². The molecule has 1 heterocycles. The quantitative estimate of drug-likeness (QED) is 0.773. The number of hydrogen-bond donors (Lipinski definition) is 2. The summed E-state index contributed by atoms with van der Waals surface area (Å²) in [6, 6.07) is 9.69. The van der Waals surface area contributed by atoms with E-state index in [1.807, 2.05) is 60.7 Å². The number of benzene rings is 1. The second kappa shape index (κ2) is 7.10. The summed E-state index contributed by atoms with van der Waals surface area (Å²) >= 11 is 5.37. The van der Waals surface area contributed by atoms with Crippen LogP contribution in [-0.4, -0.2) is 19.9 Å². The fourth-order valence-electron chi connectivity index (χ4n) is 2.43. The first-order valence-electron chi connectivity index (χ1n) is 7.53. The first kappa shape index (κ1) is 16.0. The molecular weight excluding hydrogens is 318 g/mol. The van der Waals surface area contributed by atoms with Crippen molar-refractivity contribution in [3.8, 4) is 5.69 Å². The first-order valence-corrected chi connectivity index (χ1v) is 7.94. The fourth-order valence-corrected chi connectivity index (χ4v) is 2.67. The van der Waals surface area contributed by atoms with Crippen LogP contribution in [0.4, 0.5) is 0 Å². The number of nitrogens with one attached hydrogen (secondary N) is 1. The molecule has 1 aromatic carbocycles. The van der Waals surface area contributed by atoms with E-state index in [1.54, 1.807) is 10.6 Å². The summed E-state index contributed by atoms with van der Waals surface area (Å²) in [6.07, 6.45) is 11.9. The molecule has 0 amide bonds. The average molecular weight is 335 g/mol. The Morgan fingerprint density at radius 3 is 2.79 bits per heavy atom. The second-order valence-electron chi connectivity index (χ2n) is 5.27. The van der Waals surface area contributed by atoms with Gasteiger partial charge in [-0.2, -0.15) is 5.10 Å². The van der Waals surface area contributed by atoms with Crippen molar-refractivity contribution < 1.29 is 5.11 Å². The lowest BCUT2D eigenvalue weighted by molar-refractivity contribution is 0.436. The van der Waals surface area contributed by atoms with Crippen LogP contribution in [0.25, 0.3) is 11.3 Å². The van der Waals surface area contributed by atoms with Gasteiger partial charge in [0.15, 0.2) is 10.6 Å². The third-order valence-electron chi connectivity index (χ3n) is 3.54. The van der Waals surface area contributed by atoms with E-state index in [0.29, 0.717) is 28.2 Å². The molecule has 0 saturated carbocycles. The van der Waals surface area contributed by atoms with Gasteiger partial charge in [0, 0.05) is 5.69 Å². The summed E-state index contributed by atoms with van der Waals surface area (Å²) in [5.41, 5.74) is 2.18. The number of rotatable bonds is 2. The molecule has 0 fully saturated rings. The molecule has 0 spiro atoms. The van der Waals surface area contributed by atoms with Gasteiger partial charge in [0.1, 0.15) is 5.76 Å². The summed E-state index contributed by atoms with van der Waals surface area (Å²) in [5, 5.41) is 17.7. The fraction of sp³-hybridized carbons (Fsp3) is 0.0526. The highest BCUT2D eigenvalue weighted by molar-refractivity contribution is 7.71. The monoisotopic (exact) mass is 335 g/mol. The van der Waals surface area contributed by atoms with Crippen molar-refractivity contribution in [2.45, 2.75) is 6.42 Å². The Morgan fingerprint density at radius 2 is 2.00 bits per heavy atom. The molecule has 3 rings (SSSR count). The lowest BCUT2D eigenvalue weighted by Crippen LogP contribution is -2.03. The van der Waals surface area contributed by atoms with Gasteiger partial charge in [-0.1, -0.05) is 55.2 Å². The van der Waals surface area contributed by atoms with Crippen LogP contribution < -0.4 is 0 Å². The molecule has 2 aromatic rings. The molecular formula is C19H17N3OS. The molecule has 0 bridgehead atoms. The number of aromatic amines is 1. The molecule has 4 nitrogen and oxygen atoms in total. The van der Waals surface area contributed by atoms with Crippen LogP contribution in [0, 0.1) is 4.77 Å². The van der Waals surface area contributed by atoms with E-state index >= 15 is 0 Å². The summed E-state index contributed by atoms with van der Waals surface area (Å²) in [5.74, 6) is 0.664. The minimum absolute atomic E-state index is 0.103. The van der Waals surface area contributed by atoms with Crippen molar-refractivity contribution in [1.82, 2.24) is 14.8 Å². The molecule has 0 radical (unpaired) electrons. The Bertz CT molecular complexity index is 927. The van der Waals surface area contributed by atoms with E-state index in [2.05, 4.69) is 16.8 Å². The van der Waals surface area contributed by atoms with Gasteiger partial charge in [-0.3, -0.25) is 9.67 Å². The summed E-state index contributed by atoms with van der Waals surface area (Å²) in [7, 11) is 0. The van der Waals surface area contributed by atoms with Crippen LogP contribution in [0.3, 0.4) is 0 Å². The zero-order valence-electron chi connectivity index (χ0n) is 13.0. The topological polar surface area (TPSA) is 53.8 Å². The normalized spacial score (nSPS) is 19.9. The van der Waals surface area contributed by atoms with Gasteiger partial charge in [-0.25, -0.2) is 0 Å². The van der Waals surface area contributed by atoms with Gasteiger partial charge >= 0.3 is 0 Å². The van der Waals surface area contributed by atoms with Crippen LogP contribution in [0.1, 0.15) is 12.2 Å². The van der Waals surface area contributed by atoms with E-state index in [0.717, 1.165) is 5.69 Å². The minimum Gasteiger partial charge on any atom is -0.507 e. The lowest BCUT2D eigenvalue weighted by atomic mass is 10.1. The Morgan fingerprint density at radius 1 is 1.21 bits per heavy atom. The predicted octanol–water partition coefficient (Wildman–Crippen LogP) is 4.83. The number of aliphatic hydroxyl groups is 1. The van der Waals surface area contributed by atoms with E-state index in [1.165, 1.54) is 0 Å². The largest absolute Gasteiger partial charge is 0.507 e. The van der Waals surface area contributed by atoms with E-state index in [9.17, 15) is 5.11 Å². The van der Waals surface area contributed by atoms with Gasteiger partial charge in [0.05, 0.1) is 5.57 Å². The Labute approximate surface area is 145 Å². The lowest BCUT2D eigenvalue weighted by Gasteiger charge is -2.10. The van der Waals surface area contributed by atoms with Crippen molar-refractivity contribution in [2.24, 2.45) is 0 Å². The average Bonchev–Trinajstić information content (AvgIpc) is 2.96. The van der Waals surface area contributed by atoms with Crippen molar-refractivity contribution in [3.05, 3.63) is 95.3 Å². The van der Waals surface area contributed by atoms with Crippen LogP contribution in [0.2, 0.25) is 0 Å². The van der Waals surface area contributed by atoms with Gasteiger partial charge in [-0.15, -0.1) is 0 Å². The third kappa shape index (κ3) is 3.36. The number of aliphatic hydroxyl groups excluding tert-OH is 1. The second-order valence-corrected chi connectivity index (χ2v) is 5.66. The number of allylic oxidation sites excluding steroid dienone is 8. The molecule has 120 valence electrons. The van der Waals surface area contributed by atoms with Crippen molar-refractivity contribution >= 4 is 17.8 Å². The summed E-state index contributed by atoms with van der Waals surface area (Å²) in [4.78, 5) is 0. The maximum absolute atomic E-state index is 10.6. The maximum Gasteiger partial charge on any atom is 0.200 e. The zero-order valence-corrected chi connectivity index (χ0v) is 13.8. The van der Waals surface area contributed by atoms with Gasteiger partial charge in [-0.05, 0) is 42.4 Å². The van der Waals surface area contributed by atoms with Crippen LogP contribution in [0.5, 0.6) is 0 Å². The minimum atomic E-state index is 0.103. The number of aromatic nitrogens is 3. The number of hydrogen-bond acceptors (Lipinski definition) is 3. The molecule has 5 heteroatoms. The van der Waals surface area contributed by atoms with Gasteiger partial charge in [0.2, 0.25) is 0 Å². The van der Waals surface area contributed by atoms with Crippen LogP contribution in [-0.2, 0) is 0 Å². The molecule has 1 aliphatic carbocycles. The maximum atomic E-state index is 10.6. The zero-order chi connectivity index (χ0) is 16.9. The smallest absolute Gasteiger partial charge is 0.200 e. The van der Waals surface area contributed by atoms with Crippen molar-refractivity contribution in [1.29, 1.82) is 0 Å². The highest BCUT2D eigenvalue weighted by Gasteiger charge is 2.16. The molecule has 1 aliphatic rings. The van der Waals surface area contributed by atoms with Crippen molar-refractivity contribution in [2.75, 3.05) is 0 Å². The van der Waals surface area contributed by atoms with Gasteiger partial charge in [0.25, 0.3) is 0 Å². The van der Waals surface area contributed by atoms with E-state index in [-0.39, 0.29) is 5.76 Å². The molecule has 0 unspecified atom stereocenters. The SMILES string of the molecule is C=C1C=C(O)/C(c2n[nH]c(=S)n2-c2ccccc2)=C\C/C=C\C=C/1. The molecule has 2 N–H and O–H groups in total. The summed E-state index contributed by atoms with van der Waals surface area (Å²) in [6.45, 7) is 3.91. The highest BCUT2D eigenvalue weighted by Crippen LogP contribution is 2.25. The molecule has 0 aliphatic heterocycles. The molecule has 1 aromatic heterocycles.